The summed E-state index contributed by atoms with van der Waals surface area (Å²) < 4.78 is 26.3. The number of likely N-dealkylation sites (tertiary alicyclic amines) is 1. The molecule has 0 bridgehead atoms. The minimum atomic E-state index is -2.73. The quantitative estimate of drug-likeness (QED) is 0.806. The molecule has 0 aromatic rings. The molecule has 1 heterocycles. The summed E-state index contributed by atoms with van der Waals surface area (Å²) >= 11 is 0. The Balaban J connectivity index is 2.67. The first-order valence-corrected chi connectivity index (χ1v) is 5.66. The average molecular weight is 234 g/mol. The number of halogens is 2. The number of carbonyl (C=O) groups excluding carboxylic acids is 1. The van der Waals surface area contributed by atoms with Crippen molar-refractivity contribution in [1.82, 2.24) is 4.90 Å². The first-order chi connectivity index (χ1) is 7.28. The van der Waals surface area contributed by atoms with Crippen LogP contribution in [-0.2, 0) is 4.79 Å². The van der Waals surface area contributed by atoms with E-state index in [0.29, 0.717) is 25.9 Å². The molecule has 1 aliphatic rings. The van der Waals surface area contributed by atoms with Gasteiger partial charge >= 0.3 is 0 Å². The van der Waals surface area contributed by atoms with E-state index in [2.05, 4.69) is 0 Å². The van der Waals surface area contributed by atoms with Crippen LogP contribution < -0.4 is 5.73 Å². The highest BCUT2D eigenvalue weighted by atomic mass is 19.3. The number of nitrogens with two attached hydrogens (primary N) is 1. The average Bonchev–Trinajstić information content (AvgIpc) is 2.15. The highest BCUT2D eigenvalue weighted by Gasteiger charge is 2.40. The van der Waals surface area contributed by atoms with E-state index in [4.69, 9.17) is 5.73 Å². The molecule has 0 saturated carbocycles. The van der Waals surface area contributed by atoms with Crippen molar-refractivity contribution in [2.45, 2.75) is 39.0 Å². The monoisotopic (exact) mass is 234 g/mol. The van der Waals surface area contributed by atoms with Crippen molar-refractivity contribution >= 4 is 5.91 Å². The van der Waals surface area contributed by atoms with Crippen LogP contribution in [0.15, 0.2) is 0 Å². The number of hydrogen-bond donors (Lipinski definition) is 1. The van der Waals surface area contributed by atoms with Gasteiger partial charge in [-0.1, -0.05) is 13.8 Å². The van der Waals surface area contributed by atoms with Crippen LogP contribution in [0.3, 0.4) is 0 Å². The molecule has 0 unspecified atom stereocenters. The first kappa shape index (κ1) is 13.4. The zero-order valence-corrected chi connectivity index (χ0v) is 9.93. The highest BCUT2D eigenvalue weighted by molar-refractivity contribution is 5.82. The van der Waals surface area contributed by atoms with Gasteiger partial charge in [-0.25, -0.2) is 8.78 Å². The predicted molar refractivity (Wildman–Crippen MR) is 58.2 cm³/mol. The molecule has 0 aromatic heterocycles. The molecule has 94 valence electrons. The van der Waals surface area contributed by atoms with Crippen LogP contribution >= 0.6 is 0 Å². The molecule has 0 aliphatic carbocycles. The van der Waals surface area contributed by atoms with Crippen molar-refractivity contribution in [3.63, 3.8) is 0 Å². The molecule has 1 saturated heterocycles. The van der Waals surface area contributed by atoms with Gasteiger partial charge in [0.05, 0.1) is 6.54 Å². The number of alkyl halides is 2. The molecule has 0 aromatic carbocycles. The zero-order chi connectivity index (χ0) is 12.4. The van der Waals surface area contributed by atoms with Gasteiger partial charge < -0.3 is 10.6 Å². The van der Waals surface area contributed by atoms with E-state index in [0.717, 1.165) is 0 Å². The Bertz CT molecular complexity index is 267. The Hall–Kier alpha value is -0.710. The molecule has 1 amide bonds. The van der Waals surface area contributed by atoms with E-state index in [1.165, 1.54) is 4.90 Å². The second-order valence-corrected chi connectivity index (χ2v) is 5.11. The Morgan fingerprint density at radius 2 is 2.12 bits per heavy atom. The van der Waals surface area contributed by atoms with Crippen molar-refractivity contribution in [3.05, 3.63) is 0 Å². The number of piperidine rings is 1. The Morgan fingerprint density at radius 3 is 2.62 bits per heavy atom. The van der Waals surface area contributed by atoms with Gasteiger partial charge in [-0.05, 0) is 19.4 Å². The lowest BCUT2D eigenvalue weighted by Gasteiger charge is -2.37. The summed E-state index contributed by atoms with van der Waals surface area (Å²) in [5.41, 5.74) is 4.78. The molecule has 0 radical (unpaired) electrons. The highest BCUT2D eigenvalue weighted by Crippen LogP contribution is 2.30. The standard InChI is InChI=1S/C11H20F2N2O/c1-10(2,5-6-14)9(16)15-7-3-4-11(12,13)8-15/h3-8,14H2,1-2H3. The summed E-state index contributed by atoms with van der Waals surface area (Å²) in [5.74, 6) is -2.94. The second-order valence-electron chi connectivity index (χ2n) is 5.11. The molecule has 5 heteroatoms. The SMILES string of the molecule is CC(C)(CCN)C(=O)N1CCCC(F)(F)C1. The van der Waals surface area contributed by atoms with E-state index in [1.54, 1.807) is 13.8 Å². The number of amides is 1. The molecule has 3 nitrogen and oxygen atoms in total. The van der Waals surface area contributed by atoms with Gasteiger partial charge in [0.25, 0.3) is 5.92 Å². The van der Waals surface area contributed by atoms with Gasteiger partial charge in [0.2, 0.25) is 5.91 Å². The summed E-state index contributed by atoms with van der Waals surface area (Å²) in [5, 5.41) is 0. The van der Waals surface area contributed by atoms with Crippen LogP contribution in [0.25, 0.3) is 0 Å². The third-order valence-corrected chi connectivity index (χ3v) is 3.03. The number of hydrogen-bond acceptors (Lipinski definition) is 2. The van der Waals surface area contributed by atoms with Gasteiger partial charge in [-0.2, -0.15) is 0 Å². The van der Waals surface area contributed by atoms with Crippen LogP contribution in [0.5, 0.6) is 0 Å². The van der Waals surface area contributed by atoms with E-state index < -0.39 is 17.9 Å². The number of carbonyl (C=O) groups is 1. The predicted octanol–water partition coefficient (Wildman–Crippen LogP) is 1.62. The number of rotatable bonds is 3. The lowest BCUT2D eigenvalue weighted by molar-refractivity contribution is -0.150. The van der Waals surface area contributed by atoms with Crippen LogP contribution in [0, 0.1) is 5.41 Å². The molecule has 0 atom stereocenters. The van der Waals surface area contributed by atoms with E-state index in [-0.39, 0.29) is 12.3 Å². The zero-order valence-electron chi connectivity index (χ0n) is 9.93. The fourth-order valence-corrected chi connectivity index (χ4v) is 2.04. The maximum absolute atomic E-state index is 13.2. The molecule has 1 aliphatic heterocycles. The van der Waals surface area contributed by atoms with Crippen molar-refractivity contribution in [1.29, 1.82) is 0 Å². The lowest BCUT2D eigenvalue weighted by atomic mass is 9.87. The largest absolute Gasteiger partial charge is 0.336 e. The fourth-order valence-electron chi connectivity index (χ4n) is 2.04. The number of nitrogens with zero attached hydrogens (tertiary/aromatic N) is 1. The molecule has 2 N–H and O–H groups in total. The van der Waals surface area contributed by atoms with Crippen molar-refractivity contribution < 1.29 is 13.6 Å². The fraction of sp³-hybridized carbons (Fsp3) is 0.909. The molecular formula is C11H20F2N2O. The van der Waals surface area contributed by atoms with Crippen LogP contribution in [-0.4, -0.2) is 36.4 Å². The molecule has 0 spiro atoms. The summed E-state index contributed by atoms with van der Waals surface area (Å²) in [6.45, 7) is 3.90. The van der Waals surface area contributed by atoms with Crippen molar-refractivity contribution in [3.8, 4) is 0 Å². The maximum Gasteiger partial charge on any atom is 0.265 e. The van der Waals surface area contributed by atoms with Crippen LogP contribution in [0.2, 0.25) is 0 Å². The lowest BCUT2D eigenvalue weighted by Crippen LogP contribution is -2.50. The molecule has 1 rings (SSSR count). The van der Waals surface area contributed by atoms with Crippen molar-refractivity contribution in [2.24, 2.45) is 11.1 Å². The molecular weight excluding hydrogens is 214 g/mol. The summed E-state index contributed by atoms with van der Waals surface area (Å²) in [6.07, 6.45) is 0.777. The van der Waals surface area contributed by atoms with Gasteiger partial charge in [-0.15, -0.1) is 0 Å². The summed E-state index contributed by atoms with van der Waals surface area (Å²) in [7, 11) is 0. The Kier molecular flexibility index (Phi) is 3.88. The molecule has 16 heavy (non-hydrogen) atoms. The minimum Gasteiger partial charge on any atom is -0.336 e. The maximum atomic E-state index is 13.2. The summed E-state index contributed by atoms with van der Waals surface area (Å²) in [6, 6.07) is 0. The Labute approximate surface area is 95.0 Å². The second kappa shape index (κ2) is 4.65. The minimum absolute atomic E-state index is 0.117. The Morgan fingerprint density at radius 1 is 1.50 bits per heavy atom. The van der Waals surface area contributed by atoms with E-state index >= 15 is 0 Å². The van der Waals surface area contributed by atoms with Crippen LogP contribution in [0.4, 0.5) is 8.78 Å². The van der Waals surface area contributed by atoms with Crippen molar-refractivity contribution in [2.75, 3.05) is 19.6 Å². The van der Waals surface area contributed by atoms with Gasteiger partial charge in [-0.3, -0.25) is 4.79 Å². The van der Waals surface area contributed by atoms with Gasteiger partial charge in [0.1, 0.15) is 0 Å². The van der Waals surface area contributed by atoms with Gasteiger partial charge in [0, 0.05) is 18.4 Å². The van der Waals surface area contributed by atoms with Crippen LogP contribution in [0.1, 0.15) is 33.1 Å². The third-order valence-electron chi connectivity index (χ3n) is 3.03. The van der Waals surface area contributed by atoms with E-state index in [9.17, 15) is 13.6 Å². The topological polar surface area (TPSA) is 46.3 Å². The summed E-state index contributed by atoms with van der Waals surface area (Å²) in [4.78, 5) is 13.3. The van der Waals surface area contributed by atoms with Gasteiger partial charge in [0.15, 0.2) is 0 Å². The smallest absolute Gasteiger partial charge is 0.265 e. The first-order valence-electron chi connectivity index (χ1n) is 5.66. The third kappa shape index (κ3) is 3.14. The van der Waals surface area contributed by atoms with E-state index in [1.807, 2.05) is 0 Å². The normalized spacial score (nSPS) is 20.9. The molecule has 1 fully saturated rings.